The summed E-state index contributed by atoms with van der Waals surface area (Å²) in [6.07, 6.45) is 9.88. The first kappa shape index (κ1) is 27.4. The molecule has 37 heavy (non-hydrogen) atoms. The first-order chi connectivity index (χ1) is 17.5. The summed E-state index contributed by atoms with van der Waals surface area (Å²) < 4.78 is 93.8. The van der Waals surface area contributed by atoms with Crippen molar-refractivity contribution in [2.45, 2.75) is 69.7 Å². The molecule has 0 saturated heterocycles. The van der Waals surface area contributed by atoms with E-state index in [1.165, 1.54) is 50.2 Å². The number of alkyl halides is 3. The molecule has 3 aromatic carbocycles. The lowest BCUT2D eigenvalue weighted by molar-refractivity contribution is -0.0500. The van der Waals surface area contributed by atoms with Crippen LogP contribution >= 0.6 is 0 Å². The molecule has 1 aliphatic rings. The second-order valence-electron chi connectivity index (χ2n) is 9.75. The Hall–Kier alpha value is -2.68. The van der Waals surface area contributed by atoms with E-state index in [1.54, 1.807) is 0 Å². The van der Waals surface area contributed by atoms with Gasteiger partial charge in [0.15, 0.2) is 11.6 Å². The van der Waals surface area contributed by atoms with Gasteiger partial charge in [-0.3, -0.25) is 0 Å². The Morgan fingerprint density at radius 2 is 1.57 bits per heavy atom. The van der Waals surface area contributed by atoms with Crippen LogP contribution in [0.4, 0.5) is 22.0 Å². The molecule has 0 N–H and O–H groups in total. The van der Waals surface area contributed by atoms with E-state index < -0.39 is 38.4 Å². The van der Waals surface area contributed by atoms with Gasteiger partial charge in [-0.25, -0.2) is 8.78 Å². The van der Waals surface area contributed by atoms with E-state index in [0.717, 1.165) is 37.0 Å². The smallest absolute Gasteiger partial charge is 0.373 e. The molecule has 0 spiro atoms. The third-order valence-corrected chi connectivity index (χ3v) is 8.20. The van der Waals surface area contributed by atoms with E-state index in [2.05, 4.69) is 11.1 Å². The van der Waals surface area contributed by atoms with Gasteiger partial charge in [-0.05, 0) is 77.8 Å². The number of benzene rings is 3. The Bertz CT molecular complexity index is 1340. The zero-order chi connectivity index (χ0) is 26.8. The van der Waals surface area contributed by atoms with Gasteiger partial charge in [0.05, 0.1) is 5.39 Å². The summed E-state index contributed by atoms with van der Waals surface area (Å²) in [6, 6.07) is 12.3. The lowest BCUT2D eigenvalue weighted by atomic mass is 9.77. The van der Waals surface area contributed by atoms with Gasteiger partial charge in [0.2, 0.25) is 0 Å². The molecule has 1 fully saturated rings. The highest BCUT2D eigenvalue weighted by Crippen LogP contribution is 2.39. The fourth-order valence-electron chi connectivity index (χ4n) is 5.16. The van der Waals surface area contributed by atoms with Gasteiger partial charge < -0.3 is 4.18 Å². The third kappa shape index (κ3) is 6.08. The predicted octanol–water partition coefficient (Wildman–Crippen LogP) is 8.87. The van der Waals surface area contributed by atoms with Crippen molar-refractivity contribution in [3.63, 3.8) is 0 Å². The van der Waals surface area contributed by atoms with Crippen LogP contribution in [0.1, 0.15) is 69.8 Å². The largest absolute Gasteiger partial charge is 0.534 e. The van der Waals surface area contributed by atoms with E-state index in [4.69, 9.17) is 0 Å². The summed E-state index contributed by atoms with van der Waals surface area (Å²) in [5, 5.41) is -0.583. The fraction of sp³-hybridized carbons (Fsp3) is 0.429. The number of fused-ring (bicyclic) bond motifs is 1. The maximum Gasteiger partial charge on any atom is 0.534 e. The molecular weight excluding hydrogens is 511 g/mol. The Morgan fingerprint density at radius 3 is 2.19 bits per heavy atom. The molecule has 0 aromatic heterocycles. The van der Waals surface area contributed by atoms with E-state index in [1.807, 2.05) is 24.3 Å². The molecule has 0 amide bonds. The molecule has 0 radical (unpaired) electrons. The number of rotatable bonds is 8. The second-order valence-corrected chi connectivity index (χ2v) is 11.3. The van der Waals surface area contributed by atoms with Crippen molar-refractivity contribution in [3.8, 4) is 16.9 Å². The number of halogens is 5. The Balaban J connectivity index is 1.51. The summed E-state index contributed by atoms with van der Waals surface area (Å²) in [6.45, 7) is 2.22. The molecule has 0 unspecified atom stereocenters. The number of unbranched alkanes of at least 4 members (excludes halogenated alkanes) is 2. The van der Waals surface area contributed by atoms with Gasteiger partial charge in [-0.15, -0.1) is 0 Å². The van der Waals surface area contributed by atoms with E-state index in [-0.39, 0.29) is 5.39 Å². The van der Waals surface area contributed by atoms with Crippen LogP contribution in [0.3, 0.4) is 0 Å². The highest BCUT2D eigenvalue weighted by Gasteiger charge is 2.49. The minimum atomic E-state index is -6.09. The van der Waals surface area contributed by atoms with Crippen LogP contribution in [0.5, 0.6) is 5.75 Å². The molecule has 9 heteroatoms. The quantitative estimate of drug-likeness (QED) is 0.124. The van der Waals surface area contributed by atoms with E-state index in [9.17, 15) is 30.4 Å². The average Bonchev–Trinajstić information content (AvgIpc) is 2.85. The molecule has 200 valence electrons. The molecule has 3 aromatic rings. The molecule has 3 nitrogen and oxygen atoms in total. The Morgan fingerprint density at radius 1 is 0.892 bits per heavy atom. The highest BCUT2D eigenvalue weighted by molar-refractivity contribution is 7.88. The summed E-state index contributed by atoms with van der Waals surface area (Å²) in [4.78, 5) is 0. The highest BCUT2D eigenvalue weighted by atomic mass is 32.2. The Kier molecular flexibility index (Phi) is 8.11. The van der Waals surface area contributed by atoms with Crippen molar-refractivity contribution in [3.05, 3.63) is 65.7 Å². The maximum atomic E-state index is 14.9. The van der Waals surface area contributed by atoms with Crippen LogP contribution in [0, 0.1) is 17.6 Å². The zero-order valence-electron chi connectivity index (χ0n) is 20.5. The minimum absolute atomic E-state index is 0.0646. The van der Waals surface area contributed by atoms with Crippen molar-refractivity contribution >= 4 is 20.9 Å². The van der Waals surface area contributed by atoms with Crippen molar-refractivity contribution < 1.29 is 34.6 Å². The minimum Gasteiger partial charge on any atom is -0.373 e. The van der Waals surface area contributed by atoms with Crippen LogP contribution in [-0.4, -0.2) is 13.9 Å². The summed E-state index contributed by atoms with van der Waals surface area (Å²) in [5.74, 6) is -2.48. The molecular formula is C28H29F5O3S. The fourth-order valence-corrected chi connectivity index (χ4v) is 5.62. The van der Waals surface area contributed by atoms with Crippen LogP contribution in [0.15, 0.2) is 48.5 Å². The lowest BCUT2D eigenvalue weighted by Gasteiger charge is -2.29. The lowest BCUT2D eigenvalue weighted by Crippen LogP contribution is -2.28. The van der Waals surface area contributed by atoms with Gasteiger partial charge in [0, 0.05) is 0 Å². The number of hydrogen-bond acceptors (Lipinski definition) is 3. The normalized spacial score (nSPS) is 18.8. The van der Waals surface area contributed by atoms with Crippen LogP contribution in [0.2, 0.25) is 0 Å². The van der Waals surface area contributed by atoms with Crippen molar-refractivity contribution in [2.24, 2.45) is 5.92 Å². The van der Waals surface area contributed by atoms with Gasteiger partial charge in [0.25, 0.3) is 0 Å². The van der Waals surface area contributed by atoms with Crippen LogP contribution < -0.4 is 4.18 Å². The SMILES string of the molecule is CCCCCC1CCC(c2ccc(-c3cc(F)c4c(F)c(OS(=O)(=O)C(F)(F)F)ccc4c3)cc2)CC1. The van der Waals surface area contributed by atoms with Gasteiger partial charge in [-0.1, -0.05) is 62.9 Å². The Labute approximate surface area is 213 Å². The topological polar surface area (TPSA) is 43.4 Å². The summed E-state index contributed by atoms with van der Waals surface area (Å²) in [5.41, 5.74) is -3.34. The summed E-state index contributed by atoms with van der Waals surface area (Å²) in [7, 11) is -6.09. The van der Waals surface area contributed by atoms with Crippen LogP contribution in [-0.2, 0) is 10.1 Å². The van der Waals surface area contributed by atoms with Gasteiger partial charge in [0.1, 0.15) is 5.82 Å². The predicted molar refractivity (Wildman–Crippen MR) is 134 cm³/mol. The van der Waals surface area contributed by atoms with E-state index >= 15 is 0 Å². The molecule has 1 saturated carbocycles. The first-order valence-corrected chi connectivity index (χ1v) is 13.9. The maximum absolute atomic E-state index is 14.9. The van der Waals surface area contributed by atoms with Crippen molar-refractivity contribution in [2.75, 3.05) is 0 Å². The van der Waals surface area contributed by atoms with Crippen molar-refractivity contribution in [1.82, 2.24) is 0 Å². The zero-order valence-corrected chi connectivity index (χ0v) is 21.3. The monoisotopic (exact) mass is 540 g/mol. The average molecular weight is 541 g/mol. The van der Waals surface area contributed by atoms with Crippen LogP contribution in [0.25, 0.3) is 21.9 Å². The summed E-state index contributed by atoms with van der Waals surface area (Å²) >= 11 is 0. The first-order valence-electron chi connectivity index (χ1n) is 12.5. The second kappa shape index (κ2) is 11.0. The standard InChI is InChI=1S/C28H29F5O3S/c1-2-3-4-5-18-6-8-19(9-7-18)20-10-12-21(13-11-20)23-16-22-14-15-25(27(30)26(22)24(29)17-23)36-37(34,35)28(31,32)33/h10-19H,2-9H2,1H3. The molecule has 0 atom stereocenters. The molecule has 0 bridgehead atoms. The van der Waals surface area contributed by atoms with E-state index in [0.29, 0.717) is 17.0 Å². The van der Waals surface area contributed by atoms with Gasteiger partial charge >= 0.3 is 15.6 Å². The molecule has 4 rings (SSSR count). The van der Waals surface area contributed by atoms with Crippen molar-refractivity contribution in [1.29, 1.82) is 0 Å². The molecule has 0 aliphatic heterocycles. The molecule has 0 heterocycles. The third-order valence-electron chi connectivity index (χ3n) is 7.23. The molecule has 1 aliphatic carbocycles. The number of hydrogen-bond donors (Lipinski definition) is 0. The van der Waals surface area contributed by atoms with Gasteiger partial charge in [-0.2, -0.15) is 21.6 Å².